The Balaban J connectivity index is 1.35. The maximum absolute atomic E-state index is 14.8. The topological polar surface area (TPSA) is 95.0 Å². The first kappa shape index (κ1) is 26.3. The molecule has 7 nitrogen and oxygen atoms in total. The number of para-hydroxylation sites is 2. The largest absolute Gasteiger partial charge is 0.505 e. The molecule has 42 heavy (non-hydrogen) atoms. The Morgan fingerprint density at radius 3 is 2.26 bits per heavy atom. The number of halogens is 1. The highest BCUT2D eigenvalue weighted by atomic mass is 19.1. The molecule has 0 aromatic heterocycles. The zero-order valence-electron chi connectivity index (χ0n) is 22.9. The highest BCUT2D eigenvalue weighted by Crippen LogP contribution is 2.64. The summed E-state index contributed by atoms with van der Waals surface area (Å²) in [5.74, 6) is -6.32. The zero-order chi connectivity index (χ0) is 29.3. The molecule has 4 aliphatic rings. The van der Waals surface area contributed by atoms with Crippen LogP contribution in [0.5, 0.6) is 5.75 Å². The summed E-state index contributed by atoms with van der Waals surface area (Å²) in [6.45, 7) is 1.87. The van der Waals surface area contributed by atoms with Crippen LogP contribution in [0.1, 0.15) is 36.8 Å². The molecule has 0 radical (unpaired) electrons. The second-order valence-corrected chi connectivity index (χ2v) is 11.9. The van der Waals surface area contributed by atoms with Gasteiger partial charge in [0.05, 0.1) is 35.4 Å². The average Bonchev–Trinajstić information content (AvgIpc) is 3.35. The van der Waals surface area contributed by atoms with Crippen LogP contribution in [0.3, 0.4) is 0 Å². The molecular formula is C34H29FN2O5. The summed E-state index contributed by atoms with van der Waals surface area (Å²) in [6.07, 6.45) is 2.37. The fourth-order valence-corrected chi connectivity index (χ4v) is 7.93. The fourth-order valence-electron chi connectivity index (χ4n) is 7.93. The minimum Gasteiger partial charge on any atom is -0.505 e. The van der Waals surface area contributed by atoms with Crippen LogP contribution in [0.4, 0.5) is 10.1 Å². The maximum atomic E-state index is 14.8. The third-order valence-corrected chi connectivity index (χ3v) is 9.89. The number of fused-ring (bicyclic) bond motifs is 4. The summed E-state index contributed by atoms with van der Waals surface area (Å²) in [6, 6.07) is 22.1. The summed E-state index contributed by atoms with van der Waals surface area (Å²) >= 11 is 0. The average molecular weight is 565 g/mol. The predicted octanol–water partition coefficient (Wildman–Crippen LogP) is 4.96. The summed E-state index contributed by atoms with van der Waals surface area (Å²) in [4.78, 5) is 58.4. The molecular weight excluding hydrogens is 535 g/mol. The normalized spacial score (nSPS) is 30.2. The summed E-state index contributed by atoms with van der Waals surface area (Å²) in [5.41, 5.74) is 0.824. The number of phenols is 1. The van der Waals surface area contributed by atoms with Gasteiger partial charge in [-0.2, -0.15) is 0 Å². The van der Waals surface area contributed by atoms with Crippen molar-refractivity contribution in [2.24, 2.45) is 29.1 Å². The Bertz CT molecular complexity index is 1670. The summed E-state index contributed by atoms with van der Waals surface area (Å²) in [7, 11) is 0. The van der Waals surface area contributed by atoms with Crippen LogP contribution in [0.15, 0.2) is 90.5 Å². The number of hydrogen-bond acceptors (Lipinski definition) is 5. The van der Waals surface area contributed by atoms with Crippen molar-refractivity contribution in [2.75, 3.05) is 4.90 Å². The molecule has 8 heteroatoms. The number of phenolic OH excluding ortho intramolecular Hbond substituents is 1. The molecule has 3 fully saturated rings. The number of carbonyl (C=O) groups excluding carboxylic acids is 4. The standard InChI is InChI=1S/C34H29FN2O5/c1-34-25(31(40)37(33(34)42)20-11-6-3-7-12-20)17-24-21(28(34)23-13-8-14-26(35)29(23)38)15-16-22-27(24)32(41)36(30(22)39)18-19-9-4-2-5-10-19/h2-15,22,24-25,27-28,38H,16-18H2,1H3. The number of anilines is 1. The maximum Gasteiger partial charge on any atom is 0.241 e. The van der Waals surface area contributed by atoms with E-state index in [0.717, 1.165) is 11.6 Å². The Hall–Kier alpha value is -4.59. The fraction of sp³-hybridized carbons (Fsp3) is 0.294. The molecule has 2 aliphatic heterocycles. The lowest BCUT2D eigenvalue weighted by molar-refractivity contribution is -0.141. The number of carbonyl (C=O) groups is 4. The van der Waals surface area contributed by atoms with Crippen LogP contribution in [0.2, 0.25) is 0 Å². The molecule has 7 rings (SSSR count). The number of likely N-dealkylation sites (tertiary alicyclic amines) is 1. The molecule has 4 amide bonds. The number of rotatable bonds is 4. The van der Waals surface area contributed by atoms with Crippen LogP contribution in [-0.4, -0.2) is 33.6 Å². The van der Waals surface area contributed by atoms with Crippen molar-refractivity contribution in [1.29, 1.82) is 0 Å². The van der Waals surface area contributed by atoms with Gasteiger partial charge in [0.2, 0.25) is 23.6 Å². The molecule has 212 valence electrons. The van der Waals surface area contributed by atoms with E-state index >= 15 is 0 Å². The molecule has 2 heterocycles. The van der Waals surface area contributed by atoms with Gasteiger partial charge in [-0.25, -0.2) is 9.29 Å². The second kappa shape index (κ2) is 9.48. The third-order valence-electron chi connectivity index (χ3n) is 9.89. The van der Waals surface area contributed by atoms with Crippen molar-refractivity contribution < 1.29 is 28.7 Å². The molecule has 6 atom stereocenters. The number of aromatic hydroxyl groups is 1. The molecule has 3 aromatic carbocycles. The Morgan fingerprint density at radius 2 is 1.55 bits per heavy atom. The van der Waals surface area contributed by atoms with Crippen LogP contribution >= 0.6 is 0 Å². The number of nitrogens with zero attached hydrogens (tertiary/aromatic N) is 2. The Morgan fingerprint density at radius 1 is 0.857 bits per heavy atom. The minimum atomic E-state index is -1.34. The molecule has 0 spiro atoms. The first-order valence-electron chi connectivity index (χ1n) is 14.2. The third kappa shape index (κ3) is 3.57. The molecule has 2 aliphatic carbocycles. The first-order valence-corrected chi connectivity index (χ1v) is 14.2. The Kier molecular flexibility index (Phi) is 5.94. The first-order chi connectivity index (χ1) is 20.2. The van der Waals surface area contributed by atoms with E-state index in [-0.39, 0.29) is 36.8 Å². The smallest absolute Gasteiger partial charge is 0.241 e. The lowest BCUT2D eigenvalue weighted by Gasteiger charge is -2.49. The molecule has 1 N–H and O–H groups in total. The van der Waals surface area contributed by atoms with Gasteiger partial charge in [0.15, 0.2) is 11.6 Å². The van der Waals surface area contributed by atoms with E-state index in [1.807, 2.05) is 36.4 Å². The van der Waals surface area contributed by atoms with Gasteiger partial charge in [-0.3, -0.25) is 24.1 Å². The van der Waals surface area contributed by atoms with Crippen molar-refractivity contribution in [2.45, 2.75) is 32.2 Å². The van der Waals surface area contributed by atoms with Gasteiger partial charge >= 0.3 is 0 Å². The second-order valence-electron chi connectivity index (χ2n) is 11.9. The SMILES string of the molecule is CC12C(=O)N(c3ccccc3)C(=O)C1CC1C(=CCC3C(=O)N(Cc4ccccc4)C(=O)C31)C2c1cccc(F)c1O. The Labute approximate surface area is 242 Å². The summed E-state index contributed by atoms with van der Waals surface area (Å²) in [5, 5.41) is 11.0. The molecule has 3 aromatic rings. The van der Waals surface area contributed by atoms with E-state index in [1.54, 1.807) is 43.3 Å². The number of allylic oxidation sites excluding steroid dienone is 2. The highest BCUT2D eigenvalue weighted by molar-refractivity contribution is 6.24. The van der Waals surface area contributed by atoms with Crippen molar-refractivity contribution in [1.82, 2.24) is 4.90 Å². The van der Waals surface area contributed by atoms with Crippen molar-refractivity contribution in [3.8, 4) is 5.75 Å². The van der Waals surface area contributed by atoms with E-state index in [1.165, 1.54) is 15.9 Å². The van der Waals surface area contributed by atoms with Gasteiger partial charge in [-0.05, 0) is 49.4 Å². The van der Waals surface area contributed by atoms with E-state index < -0.39 is 58.4 Å². The lowest BCUT2D eigenvalue weighted by Crippen LogP contribution is -2.48. The van der Waals surface area contributed by atoms with E-state index in [0.29, 0.717) is 11.3 Å². The monoisotopic (exact) mass is 564 g/mol. The van der Waals surface area contributed by atoms with E-state index in [9.17, 15) is 28.7 Å². The van der Waals surface area contributed by atoms with Gasteiger partial charge in [-0.1, -0.05) is 72.3 Å². The van der Waals surface area contributed by atoms with Crippen molar-refractivity contribution in [3.05, 3.63) is 107 Å². The molecule has 2 saturated heterocycles. The van der Waals surface area contributed by atoms with Crippen LogP contribution in [-0.2, 0) is 25.7 Å². The van der Waals surface area contributed by atoms with Crippen LogP contribution in [0.25, 0.3) is 0 Å². The minimum absolute atomic E-state index is 0.155. The number of hydrogen-bond donors (Lipinski definition) is 1. The molecule has 6 unspecified atom stereocenters. The lowest BCUT2D eigenvalue weighted by atomic mass is 9.51. The van der Waals surface area contributed by atoms with Crippen molar-refractivity contribution >= 4 is 29.3 Å². The van der Waals surface area contributed by atoms with Crippen molar-refractivity contribution in [3.63, 3.8) is 0 Å². The zero-order valence-corrected chi connectivity index (χ0v) is 22.9. The van der Waals surface area contributed by atoms with Crippen LogP contribution < -0.4 is 4.90 Å². The van der Waals surface area contributed by atoms with E-state index in [4.69, 9.17) is 0 Å². The number of benzene rings is 3. The number of imide groups is 2. The van der Waals surface area contributed by atoms with Gasteiger partial charge < -0.3 is 5.11 Å². The molecule has 0 bridgehead atoms. The highest BCUT2D eigenvalue weighted by Gasteiger charge is 2.67. The van der Waals surface area contributed by atoms with Gasteiger partial charge in [0, 0.05) is 11.5 Å². The van der Waals surface area contributed by atoms with Crippen LogP contribution in [0, 0.1) is 34.9 Å². The number of amides is 4. The van der Waals surface area contributed by atoms with Gasteiger partial charge in [-0.15, -0.1) is 0 Å². The molecule has 1 saturated carbocycles. The van der Waals surface area contributed by atoms with E-state index in [2.05, 4.69) is 0 Å². The predicted molar refractivity (Wildman–Crippen MR) is 151 cm³/mol. The van der Waals surface area contributed by atoms with Gasteiger partial charge in [0.1, 0.15) is 0 Å². The quantitative estimate of drug-likeness (QED) is 0.357. The summed E-state index contributed by atoms with van der Waals surface area (Å²) < 4.78 is 14.8. The van der Waals surface area contributed by atoms with Gasteiger partial charge in [0.25, 0.3) is 0 Å².